The number of benzene rings is 2. The Bertz CT molecular complexity index is 1000. The van der Waals surface area contributed by atoms with Crippen molar-refractivity contribution in [1.82, 2.24) is 5.32 Å². The maximum Gasteiger partial charge on any atom is 0.416 e. The second-order valence-corrected chi connectivity index (χ2v) is 7.87. The van der Waals surface area contributed by atoms with E-state index in [1.165, 1.54) is 31.4 Å². The molecule has 1 aliphatic rings. The van der Waals surface area contributed by atoms with Gasteiger partial charge >= 0.3 is 6.18 Å². The van der Waals surface area contributed by atoms with Crippen LogP contribution in [0.25, 0.3) is 0 Å². The number of primary amides is 1. The van der Waals surface area contributed by atoms with Crippen LogP contribution in [-0.4, -0.2) is 30.1 Å². The van der Waals surface area contributed by atoms with Gasteiger partial charge in [0.05, 0.1) is 18.6 Å². The van der Waals surface area contributed by atoms with Gasteiger partial charge in [0.1, 0.15) is 0 Å². The summed E-state index contributed by atoms with van der Waals surface area (Å²) in [6, 6.07) is 6.79. The summed E-state index contributed by atoms with van der Waals surface area (Å²) in [7, 11) is 1.30. The van der Waals surface area contributed by atoms with Crippen LogP contribution in [0.2, 0.25) is 0 Å². The number of hydrogen-bond acceptors (Lipinski definition) is 4. The monoisotopic (exact) mass is 450 g/mol. The summed E-state index contributed by atoms with van der Waals surface area (Å²) in [5, 5.41) is 12.8. The number of rotatable bonds is 6. The fourth-order valence-electron chi connectivity index (χ4n) is 4.08. The average Bonchev–Trinajstić information content (AvgIpc) is 2.75. The molecule has 32 heavy (non-hydrogen) atoms. The highest BCUT2D eigenvalue weighted by Crippen LogP contribution is 2.40. The number of amides is 2. The van der Waals surface area contributed by atoms with Gasteiger partial charge in [0.15, 0.2) is 11.5 Å². The minimum atomic E-state index is -4.83. The Hall–Kier alpha value is -3.23. The van der Waals surface area contributed by atoms with E-state index in [4.69, 9.17) is 10.5 Å². The zero-order valence-electron chi connectivity index (χ0n) is 17.5. The summed E-state index contributed by atoms with van der Waals surface area (Å²) in [5.74, 6) is -3.12. The smallest absolute Gasteiger partial charge is 0.416 e. The summed E-state index contributed by atoms with van der Waals surface area (Å²) < 4.78 is 46.9. The van der Waals surface area contributed by atoms with Crippen molar-refractivity contribution in [2.75, 3.05) is 7.11 Å². The fraction of sp³-hybridized carbons (Fsp3) is 0.391. The Kier molecular flexibility index (Phi) is 6.96. The van der Waals surface area contributed by atoms with Crippen molar-refractivity contribution in [3.05, 3.63) is 58.7 Å². The molecular weight excluding hydrogens is 425 g/mol. The van der Waals surface area contributed by atoms with Crippen LogP contribution in [0.4, 0.5) is 13.2 Å². The first-order chi connectivity index (χ1) is 15.1. The summed E-state index contributed by atoms with van der Waals surface area (Å²) >= 11 is 0. The van der Waals surface area contributed by atoms with E-state index in [-0.39, 0.29) is 34.2 Å². The molecule has 0 bridgehead atoms. The van der Waals surface area contributed by atoms with E-state index in [0.29, 0.717) is 6.07 Å². The van der Waals surface area contributed by atoms with Crippen molar-refractivity contribution in [2.24, 2.45) is 5.73 Å². The molecule has 6 nitrogen and oxygen atoms in total. The van der Waals surface area contributed by atoms with Crippen LogP contribution in [0.5, 0.6) is 11.5 Å². The van der Waals surface area contributed by atoms with Gasteiger partial charge in [0, 0.05) is 11.6 Å². The van der Waals surface area contributed by atoms with Gasteiger partial charge in [-0.25, -0.2) is 0 Å². The molecule has 0 aromatic heterocycles. The molecule has 0 heterocycles. The molecule has 1 saturated carbocycles. The predicted octanol–water partition coefficient (Wildman–Crippen LogP) is 4.10. The second-order valence-electron chi connectivity index (χ2n) is 7.87. The Morgan fingerprint density at radius 1 is 1.12 bits per heavy atom. The number of hydrogen-bond donors (Lipinski definition) is 3. The summed E-state index contributed by atoms with van der Waals surface area (Å²) in [5.41, 5.74) is 3.64. The van der Waals surface area contributed by atoms with Crippen LogP contribution in [0.15, 0.2) is 36.4 Å². The molecule has 3 rings (SSSR count). The number of carbonyl (C=O) groups is 2. The van der Waals surface area contributed by atoms with Gasteiger partial charge in [-0.1, -0.05) is 31.4 Å². The first-order valence-electron chi connectivity index (χ1n) is 10.3. The van der Waals surface area contributed by atoms with E-state index < -0.39 is 29.5 Å². The summed E-state index contributed by atoms with van der Waals surface area (Å²) in [6.45, 7) is 0. The van der Waals surface area contributed by atoms with Gasteiger partial charge in [0.2, 0.25) is 11.8 Å². The number of ether oxygens (including phenoxy) is 1. The Balaban J connectivity index is 2.14. The lowest BCUT2D eigenvalue weighted by atomic mass is 9.85. The van der Waals surface area contributed by atoms with Gasteiger partial charge < -0.3 is 20.9 Å². The number of phenols is 1. The lowest BCUT2D eigenvalue weighted by molar-refractivity contribution is -0.138. The van der Waals surface area contributed by atoms with Crippen LogP contribution in [0, 0.1) is 0 Å². The molecule has 0 radical (unpaired) electrons. The summed E-state index contributed by atoms with van der Waals surface area (Å²) in [6.07, 6.45) is -0.398. The van der Waals surface area contributed by atoms with Crippen LogP contribution in [0.1, 0.15) is 65.1 Å². The van der Waals surface area contributed by atoms with Crippen molar-refractivity contribution < 1.29 is 32.6 Å². The number of methoxy groups -OCH3 is 1. The topological polar surface area (TPSA) is 102 Å². The standard InChI is InChI=1S/C23H25F3N2O4/c1-32-19-12-13(8-10-18(19)29)20(22(31)28-15-5-3-2-4-6-15)16-9-7-14(21(27)30)11-17(16)23(24,25)26/h7-12,15,20,29H,2-6H2,1H3,(H2,27,30)(H,28,31). The lowest BCUT2D eigenvalue weighted by Crippen LogP contribution is -2.40. The van der Waals surface area contributed by atoms with E-state index in [1.807, 2.05) is 0 Å². The first-order valence-corrected chi connectivity index (χ1v) is 10.3. The van der Waals surface area contributed by atoms with E-state index >= 15 is 0 Å². The van der Waals surface area contributed by atoms with Crippen LogP contribution >= 0.6 is 0 Å². The van der Waals surface area contributed by atoms with Crippen LogP contribution < -0.4 is 15.8 Å². The zero-order valence-corrected chi connectivity index (χ0v) is 17.5. The van der Waals surface area contributed by atoms with Crippen LogP contribution in [0.3, 0.4) is 0 Å². The molecule has 0 aliphatic heterocycles. The minimum absolute atomic E-state index is 0.0280. The number of aromatic hydroxyl groups is 1. The third-order valence-electron chi connectivity index (χ3n) is 5.71. The molecule has 1 fully saturated rings. The van der Waals surface area contributed by atoms with Gasteiger partial charge in [-0.2, -0.15) is 13.2 Å². The highest BCUT2D eigenvalue weighted by molar-refractivity contribution is 5.94. The van der Waals surface area contributed by atoms with Crippen molar-refractivity contribution in [2.45, 2.75) is 50.2 Å². The molecule has 4 N–H and O–H groups in total. The van der Waals surface area contributed by atoms with Crippen molar-refractivity contribution >= 4 is 11.8 Å². The van der Waals surface area contributed by atoms with Gasteiger partial charge in [-0.15, -0.1) is 0 Å². The van der Waals surface area contributed by atoms with E-state index in [0.717, 1.165) is 38.2 Å². The SMILES string of the molecule is COc1cc(C(C(=O)NC2CCCCC2)c2ccc(C(N)=O)cc2C(F)(F)F)ccc1O. The zero-order chi connectivity index (χ0) is 23.5. The average molecular weight is 450 g/mol. The Morgan fingerprint density at radius 2 is 1.81 bits per heavy atom. The molecule has 1 atom stereocenters. The molecule has 0 saturated heterocycles. The van der Waals surface area contributed by atoms with E-state index in [9.17, 15) is 27.9 Å². The second kappa shape index (κ2) is 9.50. The van der Waals surface area contributed by atoms with E-state index in [1.54, 1.807) is 0 Å². The number of nitrogens with one attached hydrogen (secondary N) is 1. The predicted molar refractivity (Wildman–Crippen MR) is 111 cm³/mol. The molecule has 172 valence electrons. The molecule has 2 aromatic rings. The van der Waals surface area contributed by atoms with Crippen molar-refractivity contribution in [3.63, 3.8) is 0 Å². The number of alkyl halides is 3. The van der Waals surface area contributed by atoms with Gasteiger partial charge in [-0.05, 0) is 48.2 Å². The normalized spacial score (nSPS) is 15.8. The van der Waals surface area contributed by atoms with Crippen molar-refractivity contribution in [1.29, 1.82) is 0 Å². The fourth-order valence-corrected chi connectivity index (χ4v) is 4.08. The van der Waals surface area contributed by atoms with Gasteiger partial charge in [-0.3, -0.25) is 9.59 Å². The quantitative estimate of drug-likeness (QED) is 0.617. The Morgan fingerprint density at radius 3 is 2.41 bits per heavy atom. The number of carbonyl (C=O) groups excluding carboxylic acids is 2. The Labute approximate surface area is 183 Å². The van der Waals surface area contributed by atoms with Crippen LogP contribution in [-0.2, 0) is 11.0 Å². The third kappa shape index (κ3) is 5.15. The maximum atomic E-state index is 14.0. The molecule has 1 unspecified atom stereocenters. The molecule has 2 amide bonds. The highest BCUT2D eigenvalue weighted by Gasteiger charge is 2.39. The highest BCUT2D eigenvalue weighted by atomic mass is 19.4. The number of phenolic OH excluding ortho intramolecular Hbond substituents is 1. The lowest BCUT2D eigenvalue weighted by Gasteiger charge is -2.27. The third-order valence-corrected chi connectivity index (χ3v) is 5.71. The largest absolute Gasteiger partial charge is 0.504 e. The molecule has 0 spiro atoms. The summed E-state index contributed by atoms with van der Waals surface area (Å²) in [4.78, 5) is 24.8. The van der Waals surface area contributed by atoms with Crippen molar-refractivity contribution in [3.8, 4) is 11.5 Å². The maximum absolute atomic E-state index is 14.0. The molecule has 1 aliphatic carbocycles. The minimum Gasteiger partial charge on any atom is -0.504 e. The first kappa shape index (κ1) is 23.4. The number of nitrogens with two attached hydrogens (primary N) is 1. The number of halogens is 3. The molecule has 2 aromatic carbocycles. The molecule has 9 heteroatoms. The molecular formula is C23H25F3N2O4. The van der Waals surface area contributed by atoms with Gasteiger partial charge in [0.25, 0.3) is 0 Å². The van der Waals surface area contributed by atoms with E-state index in [2.05, 4.69) is 5.32 Å².